The van der Waals surface area contributed by atoms with Gasteiger partial charge < -0.3 is 5.32 Å². The Morgan fingerprint density at radius 3 is 2.52 bits per heavy atom. The highest BCUT2D eigenvalue weighted by atomic mass is 16.1. The molecule has 1 heterocycles. The van der Waals surface area contributed by atoms with Crippen LogP contribution in [-0.4, -0.2) is 22.2 Å². The van der Waals surface area contributed by atoms with Gasteiger partial charge in [0.2, 0.25) is 0 Å². The van der Waals surface area contributed by atoms with Crippen LogP contribution in [0.25, 0.3) is 0 Å². The summed E-state index contributed by atoms with van der Waals surface area (Å²) in [6.07, 6.45) is 7.70. The zero-order valence-corrected chi connectivity index (χ0v) is 14.0. The van der Waals surface area contributed by atoms with Crippen LogP contribution in [0.2, 0.25) is 0 Å². The molecule has 0 spiro atoms. The van der Waals surface area contributed by atoms with E-state index in [1.165, 1.54) is 24.8 Å². The monoisotopic (exact) mass is 311 g/mol. The Hall–Kier alpha value is -2.10. The van der Waals surface area contributed by atoms with Gasteiger partial charge in [-0.3, -0.25) is 9.48 Å². The van der Waals surface area contributed by atoms with Crippen LogP contribution in [0, 0.1) is 6.92 Å². The summed E-state index contributed by atoms with van der Waals surface area (Å²) in [5, 5.41) is 7.33. The molecular weight excluding hydrogens is 286 g/mol. The van der Waals surface area contributed by atoms with E-state index in [0.717, 1.165) is 18.5 Å². The average Bonchev–Trinajstić information content (AvgIpc) is 2.94. The molecule has 23 heavy (non-hydrogen) atoms. The largest absolute Gasteiger partial charge is 0.351 e. The zero-order chi connectivity index (χ0) is 16.3. The molecule has 3 rings (SSSR count). The van der Waals surface area contributed by atoms with E-state index in [-0.39, 0.29) is 11.3 Å². The first-order chi connectivity index (χ1) is 11.1. The van der Waals surface area contributed by atoms with Crippen molar-refractivity contribution in [2.75, 3.05) is 6.54 Å². The van der Waals surface area contributed by atoms with Gasteiger partial charge in [0.1, 0.15) is 0 Å². The molecule has 0 bridgehead atoms. The van der Waals surface area contributed by atoms with E-state index in [1.54, 1.807) is 10.9 Å². The number of nitrogens with zero attached hydrogens (tertiary/aromatic N) is 2. The molecule has 1 N–H and O–H groups in total. The third kappa shape index (κ3) is 3.16. The molecule has 0 atom stereocenters. The molecule has 1 amide bonds. The van der Waals surface area contributed by atoms with E-state index in [4.69, 9.17) is 0 Å². The van der Waals surface area contributed by atoms with Crippen LogP contribution in [0.15, 0.2) is 36.5 Å². The maximum absolute atomic E-state index is 12.5. The van der Waals surface area contributed by atoms with Gasteiger partial charge in [0.15, 0.2) is 0 Å². The van der Waals surface area contributed by atoms with Crippen LogP contribution >= 0.6 is 0 Å². The third-order valence-corrected chi connectivity index (χ3v) is 5.26. The lowest BCUT2D eigenvalue weighted by Gasteiger charge is -2.38. The molecule has 1 saturated carbocycles. The smallest absolute Gasteiger partial charge is 0.254 e. The van der Waals surface area contributed by atoms with Crippen LogP contribution in [0.1, 0.15) is 53.7 Å². The van der Waals surface area contributed by atoms with Gasteiger partial charge >= 0.3 is 0 Å². The Kier molecular flexibility index (Phi) is 4.51. The predicted octanol–water partition coefficient (Wildman–Crippen LogP) is 3.36. The fraction of sp³-hybridized carbons (Fsp3) is 0.474. The lowest BCUT2D eigenvalue weighted by Crippen LogP contribution is -2.42. The first kappa shape index (κ1) is 15.8. The lowest BCUT2D eigenvalue weighted by molar-refractivity contribution is 0.0936. The van der Waals surface area contributed by atoms with Crippen LogP contribution in [0.3, 0.4) is 0 Å². The van der Waals surface area contributed by atoms with Gasteiger partial charge in [-0.1, -0.05) is 49.6 Å². The summed E-state index contributed by atoms with van der Waals surface area (Å²) in [4.78, 5) is 12.5. The normalized spacial score (nSPS) is 17.0. The minimum atomic E-state index is -0.0171. The predicted molar refractivity (Wildman–Crippen MR) is 91.5 cm³/mol. The summed E-state index contributed by atoms with van der Waals surface area (Å²) < 4.78 is 1.74. The maximum Gasteiger partial charge on any atom is 0.254 e. The molecule has 2 aromatic rings. The number of aryl methyl sites for hydroxylation is 1. The number of hydrogen-bond acceptors (Lipinski definition) is 2. The van der Waals surface area contributed by atoms with E-state index >= 15 is 0 Å². The first-order valence-electron chi connectivity index (χ1n) is 8.45. The molecular formula is C19H25N3O. The highest BCUT2D eigenvalue weighted by Crippen LogP contribution is 2.38. The maximum atomic E-state index is 12.5. The molecule has 1 aromatic heterocycles. The van der Waals surface area contributed by atoms with Gasteiger partial charge in [0, 0.05) is 24.7 Å². The summed E-state index contributed by atoms with van der Waals surface area (Å²) in [5.74, 6) is -0.0171. The van der Waals surface area contributed by atoms with Crippen molar-refractivity contribution in [1.82, 2.24) is 15.1 Å². The average molecular weight is 311 g/mol. The number of carbonyl (C=O) groups excluding carboxylic acids is 1. The molecule has 4 nitrogen and oxygen atoms in total. The number of carbonyl (C=O) groups is 1. The molecule has 1 fully saturated rings. The van der Waals surface area contributed by atoms with Crippen LogP contribution < -0.4 is 5.32 Å². The zero-order valence-electron chi connectivity index (χ0n) is 14.0. The first-order valence-corrected chi connectivity index (χ1v) is 8.45. The third-order valence-electron chi connectivity index (χ3n) is 5.26. The van der Waals surface area contributed by atoms with Crippen molar-refractivity contribution in [3.8, 4) is 0 Å². The molecule has 0 saturated heterocycles. The lowest BCUT2D eigenvalue weighted by atomic mass is 9.69. The molecule has 0 unspecified atom stereocenters. The highest BCUT2D eigenvalue weighted by Gasteiger charge is 2.34. The Balaban J connectivity index is 1.77. The van der Waals surface area contributed by atoms with Gasteiger partial charge in [0.25, 0.3) is 5.91 Å². The van der Waals surface area contributed by atoms with Crippen molar-refractivity contribution in [2.45, 2.75) is 44.4 Å². The van der Waals surface area contributed by atoms with E-state index < -0.39 is 0 Å². The summed E-state index contributed by atoms with van der Waals surface area (Å²) >= 11 is 0. The minimum Gasteiger partial charge on any atom is -0.351 e. The SMILES string of the molecule is Cc1c(C(=O)NCC2(c3ccccc3)CCCCC2)cnn1C. The summed E-state index contributed by atoms with van der Waals surface area (Å²) in [5.41, 5.74) is 3.00. The Morgan fingerprint density at radius 1 is 1.22 bits per heavy atom. The van der Waals surface area contributed by atoms with E-state index in [1.807, 2.05) is 14.0 Å². The van der Waals surface area contributed by atoms with E-state index in [0.29, 0.717) is 12.1 Å². The molecule has 4 heteroatoms. The second-order valence-electron chi connectivity index (χ2n) is 6.66. The summed E-state index contributed by atoms with van der Waals surface area (Å²) in [6.45, 7) is 2.62. The molecule has 0 aliphatic heterocycles. The van der Waals surface area contributed by atoms with Crippen LogP contribution in [-0.2, 0) is 12.5 Å². The Labute approximate surface area is 137 Å². The van der Waals surface area contributed by atoms with Crippen LogP contribution in [0.5, 0.6) is 0 Å². The van der Waals surface area contributed by atoms with E-state index in [2.05, 4.69) is 40.7 Å². The van der Waals surface area contributed by atoms with Crippen LogP contribution in [0.4, 0.5) is 0 Å². The number of nitrogens with one attached hydrogen (secondary N) is 1. The van der Waals surface area contributed by atoms with Gasteiger partial charge in [-0.05, 0) is 25.3 Å². The highest BCUT2D eigenvalue weighted by molar-refractivity contribution is 5.95. The molecule has 1 aliphatic rings. The number of rotatable bonds is 4. The number of hydrogen-bond donors (Lipinski definition) is 1. The molecule has 0 radical (unpaired) electrons. The van der Waals surface area contributed by atoms with Crippen molar-refractivity contribution in [2.24, 2.45) is 7.05 Å². The quantitative estimate of drug-likeness (QED) is 0.941. The Morgan fingerprint density at radius 2 is 1.91 bits per heavy atom. The van der Waals surface area contributed by atoms with Crippen molar-refractivity contribution in [3.63, 3.8) is 0 Å². The fourth-order valence-electron chi connectivity index (χ4n) is 3.65. The van der Waals surface area contributed by atoms with Crippen molar-refractivity contribution < 1.29 is 4.79 Å². The van der Waals surface area contributed by atoms with Crippen molar-refractivity contribution >= 4 is 5.91 Å². The van der Waals surface area contributed by atoms with E-state index in [9.17, 15) is 4.79 Å². The van der Waals surface area contributed by atoms with Gasteiger partial charge in [0.05, 0.1) is 11.8 Å². The topological polar surface area (TPSA) is 46.9 Å². The van der Waals surface area contributed by atoms with Gasteiger partial charge in [-0.15, -0.1) is 0 Å². The summed E-state index contributed by atoms with van der Waals surface area (Å²) in [6, 6.07) is 10.6. The fourth-order valence-corrected chi connectivity index (χ4v) is 3.65. The van der Waals surface area contributed by atoms with Gasteiger partial charge in [-0.2, -0.15) is 5.10 Å². The standard InChI is InChI=1S/C19H25N3O/c1-15-17(13-21-22(15)2)18(23)20-14-19(11-7-4-8-12-19)16-9-5-3-6-10-16/h3,5-6,9-10,13H,4,7-8,11-12,14H2,1-2H3,(H,20,23). The number of aromatic nitrogens is 2. The second kappa shape index (κ2) is 6.57. The molecule has 122 valence electrons. The second-order valence-corrected chi connectivity index (χ2v) is 6.66. The molecule has 1 aromatic carbocycles. The molecule has 1 aliphatic carbocycles. The van der Waals surface area contributed by atoms with Gasteiger partial charge in [-0.25, -0.2) is 0 Å². The number of amides is 1. The Bertz CT molecular complexity index is 669. The van der Waals surface area contributed by atoms with Crippen molar-refractivity contribution in [3.05, 3.63) is 53.3 Å². The minimum absolute atomic E-state index is 0.0171. The summed E-state index contributed by atoms with van der Waals surface area (Å²) in [7, 11) is 1.86. The number of benzene rings is 1. The van der Waals surface area contributed by atoms with Crippen molar-refractivity contribution in [1.29, 1.82) is 0 Å².